The first-order chi connectivity index (χ1) is 13.1. The van der Waals surface area contributed by atoms with Gasteiger partial charge in [-0.3, -0.25) is 9.69 Å². The lowest BCUT2D eigenvalue weighted by Gasteiger charge is -2.35. The van der Waals surface area contributed by atoms with Crippen molar-refractivity contribution in [1.82, 2.24) is 15.5 Å². The average molecular weight is 372 g/mol. The minimum absolute atomic E-state index is 0.229. The second-order valence-electron chi connectivity index (χ2n) is 8.81. The summed E-state index contributed by atoms with van der Waals surface area (Å²) in [5, 5.41) is 6.63. The molecule has 27 heavy (non-hydrogen) atoms. The smallest absolute Gasteiger partial charge is 0.223 e. The Kier molecular flexibility index (Phi) is 5.53. The Balaban J connectivity index is 1.34. The molecule has 1 amide bonds. The predicted octanol–water partition coefficient (Wildman–Crippen LogP) is 2.30. The van der Waals surface area contributed by atoms with Crippen molar-refractivity contribution >= 4 is 5.91 Å². The Morgan fingerprint density at radius 2 is 1.85 bits per heavy atom. The maximum absolute atomic E-state index is 12.7. The van der Waals surface area contributed by atoms with Crippen LogP contribution in [-0.2, 0) is 22.6 Å². The molecule has 0 bridgehead atoms. The van der Waals surface area contributed by atoms with Crippen molar-refractivity contribution in [2.75, 3.05) is 26.2 Å². The predicted molar refractivity (Wildman–Crippen MR) is 106 cm³/mol. The first-order valence-corrected chi connectivity index (χ1v) is 10.5. The van der Waals surface area contributed by atoms with Crippen molar-refractivity contribution < 1.29 is 9.53 Å². The van der Waals surface area contributed by atoms with E-state index < -0.39 is 0 Å². The van der Waals surface area contributed by atoms with E-state index in [4.69, 9.17) is 4.74 Å². The molecule has 0 radical (unpaired) electrons. The zero-order valence-electron chi connectivity index (χ0n) is 16.7. The fourth-order valence-electron chi connectivity index (χ4n) is 5.04. The summed E-state index contributed by atoms with van der Waals surface area (Å²) in [6.07, 6.45) is 3.92. The van der Waals surface area contributed by atoms with Crippen molar-refractivity contribution in [3.63, 3.8) is 0 Å². The number of nitrogens with one attached hydrogen (secondary N) is 2. The van der Waals surface area contributed by atoms with Gasteiger partial charge in [-0.25, -0.2) is 0 Å². The fraction of sp³-hybridized carbons (Fsp3) is 0.682. The molecule has 2 saturated heterocycles. The number of nitrogens with zero attached hydrogens (tertiary/aromatic N) is 1. The minimum Gasteiger partial charge on any atom is -0.373 e. The summed E-state index contributed by atoms with van der Waals surface area (Å²) in [6.45, 7) is 9.87. The van der Waals surface area contributed by atoms with E-state index in [1.165, 1.54) is 11.1 Å². The van der Waals surface area contributed by atoms with Crippen molar-refractivity contribution in [2.45, 2.75) is 58.4 Å². The minimum atomic E-state index is 0.229. The van der Waals surface area contributed by atoms with E-state index in [0.29, 0.717) is 12.0 Å². The highest BCUT2D eigenvalue weighted by Crippen LogP contribution is 2.58. The second-order valence-corrected chi connectivity index (χ2v) is 8.81. The Bertz CT molecular complexity index is 661. The Morgan fingerprint density at radius 1 is 1.19 bits per heavy atom. The summed E-state index contributed by atoms with van der Waals surface area (Å²) in [4.78, 5) is 15.1. The second kappa shape index (κ2) is 7.90. The number of benzene rings is 1. The van der Waals surface area contributed by atoms with Gasteiger partial charge in [0.1, 0.15) is 0 Å². The van der Waals surface area contributed by atoms with Gasteiger partial charge in [0.25, 0.3) is 0 Å². The van der Waals surface area contributed by atoms with E-state index in [9.17, 15) is 4.79 Å². The molecule has 2 N–H and O–H groups in total. The summed E-state index contributed by atoms with van der Waals surface area (Å²) in [5.74, 6) is 0.480. The largest absolute Gasteiger partial charge is 0.373 e. The molecule has 1 aromatic rings. The van der Waals surface area contributed by atoms with E-state index >= 15 is 0 Å². The molecule has 3 atom stereocenters. The molecule has 0 unspecified atom stereocenters. The highest BCUT2D eigenvalue weighted by molar-refractivity contribution is 5.82. The molecule has 1 aliphatic carbocycles. The highest BCUT2D eigenvalue weighted by atomic mass is 16.5. The monoisotopic (exact) mass is 371 g/mol. The number of carbonyl (C=O) groups excluding carboxylic acids is 1. The maximum Gasteiger partial charge on any atom is 0.223 e. The lowest BCUT2D eigenvalue weighted by molar-refractivity contribution is -0.123. The van der Waals surface area contributed by atoms with Crippen LogP contribution in [0.3, 0.4) is 0 Å². The topological polar surface area (TPSA) is 53.6 Å². The van der Waals surface area contributed by atoms with E-state index in [2.05, 4.69) is 53.6 Å². The van der Waals surface area contributed by atoms with Crippen molar-refractivity contribution in [3.05, 3.63) is 35.4 Å². The molecule has 5 heteroatoms. The van der Waals surface area contributed by atoms with E-state index in [1.807, 2.05) is 0 Å². The maximum atomic E-state index is 12.7. The van der Waals surface area contributed by atoms with Gasteiger partial charge in [-0.1, -0.05) is 24.3 Å². The highest BCUT2D eigenvalue weighted by Gasteiger charge is 2.57. The number of hydrogen-bond donors (Lipinski definition) is 2. The lowest BCUT2D eigenvalue weighted by atomic mass is 9.92. The number of rotatable bonds is 5. The zero-order valence-corrected chi connectivity index (χ0v) is 16.7. The summed E-state index contributed by atoms with van der Waals surface area (Å²) in [7, 11) is 0. The van der Waals surface area contributed by atoms with Crippen molar-refractivity contribution in [1.29, 1.82) is 0 Å². The normalized spacial score (nSPS) is 30.2. The van der Waals surface area contributed by atoms with E-state index in [-0.39, 0.29) is 24.0 Å². The zero-order chi connectivity index (χ0) is 18.9. The van der Waals surface area contributed by atoms with Gasteiger partial charge in [0.2, 0.25) is 5.91 Å². The quantitative estimate of drug-likeness (QED) is 0.834. The van der Waals surface area contributed by atoms with Crippen LogP contribution in [0, 0.1) is 11.3 Å². The standard InChI is InChI=1S/C22H33N3O2/c1-16-13-25(14-17(2)27-16)15-19-6-4-3-5-18(19)12-24-21(26)20-11-22(20)7-9-23-10-8-22/h3-6,16-17,20,23H,7-15H2,1-2H3,(H,24,26)/t16-,17-,20+/m1/s1. The van der Waals surface area contributed by atoms with E-state index in [1.54, 1.807) is 0 Å². The molecule has 1 aromatic carbocycles. The number of hydrogen-bond acceptors (Lipinski definition) is 4. The summed E-state index contributed by atoms with van der Waals surface area (Å²) >= 11 is 0. The van der Waals surface area contributed by atoms with Gasteiger partial charge < -0.3 is 15.4 Å². The third kappa shape index (κ3) is 4.36. The molecule has 4 rings (SSSR count). The molecule has 5 nitrogen and oxygen atoms in total. The molecule has 0 aromatic heterocycles. The fourth-order valence-corrected chi connectivity index (χ4v) is 5.04. The molecule has 148 valence electrons. The third-order valence-electron chi connectivity index (χ3n) is 6.57. The number of morpholine rings is 1. The van der Waals surface area contributed by atoms with Crippen LogP contribution in [0.5, 0.6) is 0 Å². The summed E-state index contributed by atoms with van der Waals surface area (Å²) < 4.78 is 5.85. The number of carbonyl (C=O) groups is 1. The van der Waals surface area contributed by atoms with Gasteiger partial charge in [0.15, 0.2) is 0 Å². The first kappa shape index (κ1) is 18.9. The van der Waals surface area contributed by atoms with Crippen LogP contribution in [-0.4, -0.2) is 49.2 Å². The number of amides is 1. The SMILES string of the molecule is C[C@@H]1CN(Cc2ccccc2CNC(=O)[C@@H]2CC23CCNCC3)C[C@@H](C)O1. The molecule has 3 fully saturated rings. The molecular weight excluding hydrogens is 338 g/mol. The summed E-state index contributed by atoms with van der Waals surface area (Å²) in [6, 6.07) is 8.51. The van der Waals surface area contributed by atoms with Gasteiger partial charge in [-0.2, -0.15) is 0 Å². The van der Waals surface area contributed by atoms with E-state index in [0.717, 1.165) is 52.0 Å². The van der Waals surface area contributed by atoms with Gasteiger partial charge in [-0.05, 0) is 62.7 Å². The molecule has 1 spiro atoms. The molecule has 2 heterocycles. The van der Waals surface area contributed by atoms with Crippen LogP contribution in [0.25, 0.3) is 0 Å². The van der Waals surface area contributed by atoms with Gasteiger partial charge in [0, 0.05) is 32.1 Å². The molecule has 2 aliphatic heterocycles. The van der Waals surface area contributed by atoms with Gasteiger partial charge >= 0.3 is 0 Å². The van der Waals surface area contributed by atoms with Crippen molar-refractivity contribution in [3.8, 4) is 0 Å². The third-order valence-corrected chi connectivity index (χ3v) is 6.57. The number of piperidine rings is 1. The van der Waals surface area contributed by atoms with Gasteiger partial charge in [-0.15, -0.1) is 0 Å². The molecular formula is C22H33N3O2. The number of ether oxygens (including phenoxy) is 1. The van der Waals surface area contributed by atoms with Crippen LogP contribution in [0.2, 0.25) is 0 Å². The van der Waals surface area contributed by atoms with Crippen LogP contribution in [0.4, 0.5) is 0 Å². The molecule has 1 saturated carbocycles. The average Bonchev–Trinajstić information content (AvgIpc) is 3.33. The van der Waals surface area contributed by atoms with Crippen LogP contribution in [0.1, 0.15) is 44.2 Å². The first-order valence-electron chi connectivity index (χ1n) is 10.5. The van der Waals surface area contributed by atoms with Crippen molar-refractivity contribution in [2.24, 2.45) is 11.3 Å². The Labute approximate surface area is 162 Å². The summed E-state index contributed by atoms with van der Waals surface area (Å²) in [5.41, 5.74) is 2.85. The van der Waals surface area contributed by atoms with Crippen LogP contribution >= 0.6 is 0 Å². The Hall–Kier alpha value is -1.43. The van der Waals surface area contributed by atoms with Crippen LogP contribution in [0.15, 0.2) is 24.3 Å². The Morgan fingerprint density at radius 3 is 2.56 bits per heavy atom. The lowest BCUT2D eigenvalue weighted by Crippen LogP contribution is -2.45. The van der Waals surface area contributed by atoms with Gasteiger partial charge in [0.05, 0.1) is 12.2 Å². The molecule has 3 aliphatic rings. The van der Waals surface area contributed by atoms with Crippen LogP contribution < -0.4 is 10.6 Å².